The third-order valence-electron chi connectivity index (χ3n) is 23.8. The molecule has 0 radical (unpaired) electrons. The maximum Gasteiger partial charge on any atom is 0.326 e. The molecule has 0 heterocycles. The Bertz CT molecular complexity index is 4010. The van der Waals surface area contributed by atoms with Gasteiger partial charge in [-0.25, -0.2) is 4.79 Å². The van der Waals surface area contributed by atoms with Gasteiger partial charge in [0.2, 0.25) is 53.2 Å². The number of carbonyl (C=O) groups is 23. The van der Waals surface area contributed by atoms with Crippen LogP contribution >= 0.6 is 0 Å². The summed E-state index contributed by atoms with van der Waals surface area (Å²) in [6.07, 6.45) is 11.6. The first-order valence-electron chi connectivity index (χ1n) is 49.4. The van der Waals surface area contributed by atoms with Crippen molar-refractivity contribution in [3.05, 3.63) is 0 Å². The van der Waals surface area contributed by atoms with Crippen LogP contribution in [0.5, 0.6) is 0 Å². The average molecular weight is 2040 g/mol. The summed E-state index contributed by atoms with van der Waals surface area (Å²) in [6, 6.07) is -10.4. The Morgan fingerprint density at radius 2 is 0.580 bits per heavy atom. The summed E-state index contributed by atoms with van der Waals surface area (Å²) in [6.45, 7) is -7.22. The monoisotopic (exact) mass is 2040 g/mol. The lowest BCUT2D eigenvalue weighted by molar-refractivity contribution is -0.144. The third kappa shape index (κ3) is 63.8. The molecule has 0 aliphatic heterocycles. The average Bonchev–Trinajstić information content (AvgIpc) is 0.887. The molecule has 0 aliphatic carbocycles. The third-order valence-corrected chi connectivity index (χ3v) is 23.8. The molecule has 0 saturated carbocycles. The van der Waals surface area contributed by atoms with Gasteiger partial charge in [0.05, 0.1) is 120 Å². The molecule has 0 aromatic carbocycles. The molecule has 0 unspecified atom stereocenters. The summed E-state index contributed by atoms with van der Waals surface area (Å²) >= 11 is 0. The molecule has 26 N–H and O–H groups in total. The number of aliphatic carboxylic acids is 5. The Labute approximate surface area is 831 Å². The lowest BCUT2D eigenvalue weighted by Gasteiger charge is -2.22. The molecule has 9 amide bonds. The molecule has 0 aromatic heterocycles. The van der Waals surface area contributed by atoms with E-state index in [-0.39, 0.29) is 109 Å². The first-order valence-corrected chi connectivity index (χ1v) is 49.4. The topological polar surface area (TPSA) is 814 Å². The molecule has 0 aromatic rings. The number of hydrogen-bond acceptors (Lipinski definition) is 34. The van der Waals surface area contributed by atoms with Crippen LogP contribution in [0.4, 0.5) is 0 Å². The quantitative estimate of drug-likeness (QED) is 0.0289. The highest BCUT2D eigenvalue weighted by Crippen LogP contribution is 2.22. The molecular weight excluding hydrogens is 1890 g/mol. The van der Waals surface area contributed by atoms with E-state index in [0.29, 0.717) is 25.7 Å². The van der Waals surface area contributed by atoms with Crippen LogP contribution in [0, 0.1) is 29.6 Å². The number of carboxylic acid groups (broad SMARTS) is 5. The van der Waals surface area contributed by atoms with Gasteiger partial charge < -0.3 is 125 Å². The summed E-state index contributed by atoms with van der Waals surface area (Å²) in [5.74, 6) is -27.3. The summed E-state index contributed by atoms with van der Waals surface area (Å²) in [7, 11) is 0. The van der Waals surface area contributed by atoms with E-state index in [9.17, 15) is 166 Å². The fourth-order valence-electron chi connectivity index (χ4n) is 14.8. The predicted molar refractivity (Wildman–Crippen MR) is 509 cm³/mol. The Morgan fingerprint density at radius 3 is 0.993 bits per heavy atom. The van der Waals surface area contributed by atoms with E-state index < -0.39 is 343 Å². The van der Waals surface area contributed by atoms with Gasteiger partial charge in [-0.15, -0.1) is 0 Å². The molecule has 12 atom stereocenters. The number of amides is 9. The van der Waals surface area contributed by atoms with E-state index in [1.165, 1.54) is 13.8 Å². The van der Waals surface area contributed by atoms with Crippen molar-refractivity contribution in [1.82, 2.24) is 58.5 Å². The van der Waals surface area contributed by atoms with E-state index in [4.69, 9.17) is 15.9 Å². The lowest BCUT2D eigenvalue weighted by Crippen LogP contribution is -2.51. The van der Waals surface area contributed by atoms with Gasteiger partial charge in [0.25, 0.3) is 0 Å². The van der Waals surface area contributed by atoms with E-state index in [1.54, 1.807) is 0 Å². The van der Waals surface area contributed by atoms with Crippen molar-refractivity contribution in [3.8, 4) is 0 Å². The second-order valence-corrected chi connectivity index (χ2v) is 36.5. The van der Waals surface area contributed by atoms with Crippen molar-refractivity contribution in [2.45, 2.75) is 338 Å². The SMILES string of the molecule is CC(C)(N)C(=O)CN[C@@H](CCCCNC(=O)CCC(=O)[C@H](CO)NC(=O)[C@H](CO)CC(=O)CNC(=O)[C@H](CO)CC(=O)[C@H](CO)NC(=O)CC[C@H](NC(=O)CCCCCCCCCCCCC(=O)O)C(=O)O)C(=O)CN[C@@H](CCCCNC(=O)CNC(=O)[C@H](CO)CC(=O)[C@H](CO)NC(=O)CCC(=O)[C@H](CO)NC(=O)[C@H](CO)CC(=O)CC[C@H](CC(=O)CCCCCCCCCCCCC(=O)O)C(=O)O)C(=O)O. The molecule has 48 heteroatoms. The van der Waals surface area contributed by atoms with Crippen molar-refractivity contribution < 1.29 is 177 Å². The summed E-state index contributed by atoms with van der Waals surface area (Å²) in [4.78, 5) is 291. The second kappa shape index (κ2) is 78.6. The smallest absolute Gasteiger partial charge is 0.326 e. The number of aliphatic hydroxyl groups is 8. The number of aliphatic hydroxyl groups excluding tert-OH is 8. The molecule has 0 fully saturated rings. The van der Waals surface area contributed by atoms with Crippen LogP contribution in [-0.4, -0.2) is 341 Å². The van der Waals surface area contributed by atoms with Crippen LogP contribution in [0.25, 0.3) is 0 Å². The van der Waals surface area contributed by atoms with Crippen LogP contribution in [0.3, 0.4) is 0 Å². The van der Waals surface area contributed by atoms with Gasteiger partial charge in [0.1, 0.15) is 47.8 Å². The van der Waals surface area contributed by atoms with Crippen LogP contribution in [0.2, 0.25) is 0 Å². The molecule has 143 heavy (non-hydrogen) atoms. The van der Waals surface area contributed by atoms with Crippen molar-refractivity contribution in [3.63, 3.8) is 0 Å². The highest BCUT2D eigenvalue weighted by atomic mass is 16.4. The molecule has 0 bridgehead atoms. The molecular formula is C95H158N12O36. The fourth-order valence-corrected chi connectivity index (χ4v) is 14.8. The summed E-state index contributed by atoms with van der Waals surface area (Å²) in [5.41, 5.74) is 4.65. The Balaban J connectivity index is 5.16. The Hall–Kier alpha value is -10.8. The van der Waals surface area contributed by atoms with Crippen molar-refractivity contribution in [2.75, 3.05) is 92.1 Å². The number of nitrogens with one attached hydrogen (secondary N) is 11. The first-order chi connectivity index (χ1) is 67.8. The Kier molecular flexibility index (Phi) is 72.6. The van der Waals surface area contributed by atoms with Gasteiger partial charge in [0, 0.05) is 109 Å². The van der Waals surface area contributed by atoms with Gasteiger partial charge in [-0.2, -0.15) is 0 Å². The number of nitrogens with two attached hydrogens (primary N) is 1. The highest BCUT2D eigenvalue weighted by Gasteiger charge is 2.35. The fraction of sp³-hybridized carbons (Fsp3) is 0.758. The first kappa shape index (κ1) is 132. The zero-order valence-corrected chi connectivity index (χ0v) is 82.5. The van der Waals surface area contributed by atoms with Crippen LogP contribution in [-0.2, 0) is 110 Å². The number of carboxylic acids is 5. The molecule has 814 valence electrons. The maximum atomic E-state index is 13.6. The Morgan fingerprint density at radius 1 is 0.238 bits per heavy atom. The second-order valence-electron chi connectivity index (χ2n) is 36.5. The van der Waals surface area contributed by atoms with Crippen LogP contribution in [0.1, 0.15) is 290 Å². The summed E-state index contributed by atoms with van der Waals surface area (Å²) < 4.78 is 0. The predicted octanol–water partition coefficient (Wildman–Crippen LogP) is -2.13. The number of ketones is 9. The summed E-state index contributed by atoms with van der Waals surface area (Å²) in [5, 5.41) is 153. The lowest BCUT2D eigenvalue weighted by atomic mass is 9.91. The van der Waals surface area contributed by atoms with Gasteiger partial charge >= 0.3 is 29.8 Å². The van der Waals surface area contributed by atoms with E-state index in [1.807, 2.05) is 0 Å². The number of hydrogen-bond donors (Lipinski definition) is 25. The molecule has 48 nitrogen and oxygen atoms in total. The largest absolute Gasteiger partial charge is 0.481 e. The normalized spacial score (nSPS) is 13.8. The van der Waals surface area contributed by atoms with Crippen LogP contribution in [0.15, 0.2) is 0 Å². The molecule has 0 rings (SSSR count). The van der Waals surface area contributed by atoms with Crippen molar-refractivity contribution >= 4 is 135 Å². The molecule has 0 saturated heterocycles. The maximum absolute atomic E-state index is 13.6. The number of rotatable bonds is 94. The van der Waals surface area contributed by atoms with Gasteiger partial charge in [-0.1, -0.05) is 103 Å². The van der Waals surface area contributed by atoms with E-state index >= 15 is 0 Å². The number of Topliss-reactive ketones (excluding diaryl/α,β-unsaturated/α-hetero) is 9. The number of carbonyl (C=O) groups excluding carboxylic acids is 18. The van der Waals surface area contributed by atoms with Gasteiger partial charge in [-0.05, 0) is 90.9 Å². The minimum Gasteiger partial charge on any atom is -0.481 e. The van der Waals surface area contributed by atoms with Crippen LogP contribution < -0.4 is 64.2 Å². The zero-order chi connectivity index (χ0) is 108. The van der Waals surface area contributed by atoms with Gasteiger partial charge in [-0.3, -0.25) is 111 Å². The van der Waals surface area contributed by atoms with Crippen molar-refractivity contribution in [2.24, 2.45) is 35.3 Å². The van der Waals surface area contributed by atoms with Gasteiger partial charge in [0.15, 0.2) is 40.5 Å². The highest BCUT2D eigenvalue weighted by molar-refractivity contribution is 5.99. The minimum absolute atomic E-state index is 0.00475. The minimum atomic E-state index is -1.67. The molecule has 0 spiro atoms. The van der Waals surface area contributed by atoms with Crippen molar-refractivity contribution in [1.29, 1.82) is 0 Å². The number of unbranched alkanes of at least 4 members (excludes halogenated alkanes) is 20. The van der Waals surface area contributed by atoms with E-state index in [2.05, 4.69) is 58.5 Å². The standard InChI is InChI=1S/C95H158N12O36/c1-95(2,96)80(124)50-100-68(28-23-25-41-97-81(125)39-36-75(119)71(56-112)107-91(137)62(53-109)45-67(118)48-101-88(134)63(54-110)46-77(121)73(58-114)104-83(127)38-35-70(94(142)143)103-82(126)30-20-16-12-8-4-6-10-14-18-22-32-87(132)133)79(123)49-99-69(93(140)141)29-24-26-42-98-85(129)51-102-89(135)64(55-111)47-78(122)74(59-115)105-84(128)40-37-76(120)72(57-113)106-90(136)61(52-108)44-66(117)34-33-60(92(138)139)43-65(116)27-19-15-11-7-3-5-9-13-17-21-31-86(130)131/h60-64,68-74,99-100,108-115H,3-59,96H2,1-2H3,(H,97,125)(H,98,129)(H,101,134)(H,102,135)(H,103,126)(H,104,127)(H,105,128)(H,106,136)(H,107,137)(H,130,131)(H,132,133)(H,138,139)(H,140,141)(H,142,143)/t60-,61+,62+,63+,64+,68+,69+,70+,71+,72+,73+,74+/m1/s1. The zero-order valence-electron chi connectivity index (χ0n) is 82.5. The van der Waals surface area contributed by atoms with E-state index in [0.717, 1.165) is 103 Å². The molecule has 0 aliphatic rings.